The highest BCUT2D eigenvalue weighted by molar-refractivity contribution is 7.10. The summed E-state index contributed by atoms with van der Waals surface area (Å²) in [4.78, 5) is 5.64. The van der Waals surface area contributed by atoms with Crippen LogP contribution in [0.2, 0.25) is 5.02 Å². The zero-order valence-electron chi connectivity index (χ0n) is 9.20. The summed E-state index contributed by atoms with van der Waals surface area (Å²) >= 11 is 7.79. The van der Waals surface area contributed by atoms with Crippen molar-refractivity contribution in [3.05, 3.63) is 50.9 Å². The molecule has 0 aliphatic rings. The van der Waals surface area contributed by atoms with E-state index in [4.69, 9.17) is 11.6 Å². The van der Waals surface area contributed by atoms with Crippen LogP contribution < -0.4 is 5.32 Å². The summed E-state index contributed by atoms with van der Waals surface area (Å²) in [6.07, 6.45) is 0. The molecule has 0 aliphatic carbocycles. The molecule has 84 valence electrons. The number of halogens is 1. The number of hydrogen-bond acceptors (Lipinski definition) is 3. The molecule has 2 rings (SSSR count). The molecule has 0 aromatic carbocycles. The zero-order chi connectivity index (χ0) is 11.5. The third-order valence-electron chi connectivity index (χ3n) is 2.40. The van der Waals surface area contributed by atoms with Gasteiger partial charge in [-0.25, -0.2) is 0 Å². The second-order valence-electron chi connectivity index (χ2n) is 3.56. The molecule has 2 heterocycles. The summed E-state index contributed by atoms with van der Waals surface area (Å²) < 4.78 is 0. The normalized spacial score (nSPS) is 12.7. The van der Waals surface area contributed by atoms with Crippen molar-refractivity contribution in [2.45, 2.75) is 13.0 Å². The molecule has 0 bridgehead atoms. The second-order valence-corrected chi connectivity index (χ2v) is 4.91. The molecule has 0 saturated carbocycles. The highest BCUT2D eigenvalue weighted by Gasteiger charge is 2.17. The summed E-state index contributed by atoms with van der Waals surface area (Å²) in [6, 6.07) is 8.02. The monoisotopic (exact) mass is 252 g/mol. The Kier molecular flexibility index (Phi) is 3.59. The van der Waals surface area contributed by atoms with Crippen LogP contribution in [0.5, 0.6) is 0 Å². The smallest absolute Gasteiger partial charge is 0.0857 e. The Morgan fingerprint density at radius 2 is 2.19 bits per heavy atom. The van der Waals surface area contributed by atoms with Gasteiger partial charge >= 0.3 is 0 Å². The minimum atomic E-state index is 0.0763. The van der Waals surface area contributed by atoms with Crippen LogP contribution in [0.1, 0.15) is 22.3 Å². The number of pyridine rings is 1. The molecule has 16 heavy (non-hydrogen) atoms. The van der Waals surface area contributed by atoms with Crippen LogP contribution in [0.25, 0.3) is 0 Å². The molecular weight excluding hydrogens is 240 g/mol. The number of aryl methyl sites for hydroxylation is 1. The lowest BCUT2D eigenvalue weighted by atomic mass is 10.1. The Morgan fingerprint density at radius 1 is 1.38 bits per heavy atom. The molecule has 0 fully saturated rings. The van der Waals surface area contributed by atoms with Gasteiger partial charge in [-0.3, -0.25) is 4.98 Å². The first kappa shape index (κ1) is 11.6. The molecule has 2 aromatic heterocycles. The lowest BCUT2D eigenvalue weighted by molar-refractivity contribution is 0.680. The van der Waals surface area contributed by atoms with Gasteiger partial charge in [0.15, 0.2) is 0 Å². The molecule has 1 N–H and O–H groups in total. The molecule has 0 spiro atoms. The Bertz CT molecular complexity index is 481. The van der Waals surface area contributed by atoms with Crippen molar-refractivity contribution < 1.29 is 0 Å². The van der Waals surface area contributed by atoms with Crippen LogP contribution in [0.3, 0.4) is 0 Å². The van der Waals surface area contributed by atoms with Crippen LogP contribution in [0.15, 0.2) is 29.6 Å². The second kappa shape index (κ2) is 4.95. The van der Waals surface area contributed by atoms with E-state index in [0.717, 1.165) is 21.3 Å². The van der Waals surface area contributed by atoms with E-state index in [1.165, 1.54) is 0 Å². The fourth-order valence-electron chi connectivity index (χ4n) is 1.65. The van der Waals surface area contributed by atoms with E-state index in [1.807, 2.05) is 43.6 Å². The fourth-order valence-corrected chi connectivity index (χ4v) is 2.94. The van der Waals surface area contributed by atoms with E-state index < -0.39 is 0 Å². The van der Waals surface area contributed by atoms with Gasteiger partial charge in [0.2, 0.25) is 0 Å². The average Bonchev–Trinajstić information content (AvgIpc) is 2.67. The van der Waals surface area contributed by atoms with Gasteiger partial charge in [0, 0.05) is 10.6 Å². The third kappa shape index (κ3) is 2.26. The molecule has 0 saturated heterocycles. The molecule has 2 nitrogen and oxygen atoms in total. The molecule has 2 aromatic rings. The minimum Gasteiger partial charge on any atom is -0.307 e. The lowest BCUT2D eigenvalue weighted by Gasteiger charge is -2.15. The van der Waals surface area contributed by atoms with Gasteiger partial charge in [0.05, 0.1) is 16.8 Å². The number of nitrogens with zero attached hydrogens (tertiary/aromatic N) is 1. The summed E-state index contributed by atoms with van der Waals surface area (Å²) in [5.74, 6) is 0. The minimum absolute atomic E-state index is 0.0763. The first-order chi connectivity index (χ1) is 7.72. The predicted octanol–water partition coefficient (Wildman–Crippen LogP) is 3.41. The maximum absolute atomic E-state index is 6.15. The van der Waals surface area contributed by atoms with Gasteiger partial charge in [0.1, 0.15) is 0 Å². The van der Waals surface area contributed by atoms with Gasteiger partial charge in [-0.2, -0.15) is 0 Å². The van der Waals surface area contributed by atoms with E-state index in [9.17, 15) is 0 Å². The summed E-state index contributed by atoms with van der Waals surface area (Å²) in [5.41, 5.74) is 2.03. The standard InChI is InChI=1S/C12H13ClN2S/c1-8-4-3-5-10(15-8)11(14-2)12-9(13)6-7-16-12/h3-7,11,14H,1-2H3. The number of aromatic nitrogens is 1. The maximum Gasteiger partial charge on any atom is 0.0857 e. The van der Waals surface area contributed by atoms with Gasteiger partial charge in [-0.1, -0.05) is 17.7 Å². The summed E-state index contributed by atoms with van der Waals surface area (Å²) in [5, 5.41) is 6.05. The van der Waals surface area contributed by atoms with Crippen molar-refractivity contribution in [3.63, 3.8) is 0 Å². The van der Waals surface area contributed by atoms with Gasteiger partial charge < -0.3 is 5.32 Å². The molecule has 1 atom stereocenters. The Hall–Kier alpha value is -0.900. The van der Waals surface area contributed by atoms with Gasteiger partial charge in [-0.15, -0.1) is 11.3 Å². The molecule has 4 heteroatoms. The van der Waals surface area contributed by atoms with E-state index in [-0.39, 0.29) is 6.04 Å². The quantitative estimate of drug-likeness (QED) is 0.906. The van der Waals surface area contributed by atoms with Gasteiger partial charge in [-0.05, 0) is 37.6 Å². The fraction of sp³-hybridized carbons (Fsp3) is 0.250. The van der Waals surface area contributed by atoms with Crippen molar-refractivity contribution in [2.24, 2.45) is 0 Å². The van der Waals surface area contributed by atoms with Crippen molar-refractivity contribution in [1.82, 2.24) is 10.3 Å². The summed E-state index contributed by atoms with van der Waals surface area (Å²) in [7, 11) is 1.92. The third-order valence-corrected chi connectivity index (χ3v) is 3.82. The molecule has 1 unspecified atom stereocenters. The topological polar surface area (TPSA) is 24.9 Å². The average molecular weight is 253 g/mol. The predicted molar refractivity (Wildman–Crippen MR) is 69.2 cm³/mol. The van der Waals surface area contributed by atoms with Crippen LogP contribution in [-0.4, -0.2) is 12.0 Å². The first-order valence-electron chi connectivity index (χ1n) is 5.06. The Labute approximate surface area is 104 Å². The lowest BCUT2D eigenvalue weighted by Crippen LogP contribution is -2.18. The number of hydrogen-bond donors (Lipinski definition) is 1. The van der Waals surface area contributed by atoms with E-state index in [2.05, 4.69) is 10.3 Å². The Balaban J connectivity index is 2.40. The summed E-state index contributed by atoms with van der Waals surface area (Å²) in [6.45, 7) is 1.99. The molecule has 0 amide bonds. The number of thiophene rings is 1. The zero-order valence-corrected chi connectivity index (χ0v) is 10.8. The highest BCUT2D eigenvalue weighted by atomic mass is 35.5. The van der Waals surface area contributed by atoms with Crippen LogP contribution >= 0.6 is 22.9 Å². The van der Waals surface area contributed by atoms with E-state index >= 15 is 0 Å². The van der Waals surface area contributed by atoms with E-state index in [1.54, 1.807) is 11.3 Å². The largest absolute Gasteiger partial charge is 0.307 e. The van der Waals surface area contributed by atoms with Crippen LogP contribution in [-0.2, 0) is 0 Å². The number of nitrogens with one attached hydrogen (secondary N) is 1. The van der Waals surface area contributed by atoms with Crippen LogP contribution in [0, 0.1) is 6.92 Å². The van der Waals surface area contributed by atoms with Crippen molar-refractivity contribution in [3.8, 4) is 0 Å². The SMILES string of the molecule is CNC(c1cccc(C)n1)c1sccc1Cl. The van der Waals surface area contributed by atoms with Gasteiger partial charge in [0.25, 0.3) is 0 Å². The number of rotatable bonds is 3. The van der Waals surface area contributed by atoms with Crippen molar-refractivity contribution >= 4 is 22.9 Å². The van der Waals surface area contributed by atoms with E-state index in [0.29, 0.717) is 0 Å². The van der Waals surface area contributed by atoms with Crippen molar-refractivity contribution in [1.29, 1.82) is 0 Å². The van der Waals surface area contributed by atoms with Crippen molar-refractivity contribution in [2.75, 3.05) is 7.05 Å². The van der Waals surface area contributed by atoms with Crippen LogP contribution in [0.4, 0.5) is 0 Å². The molecule has 0 aliphatic heterocycles. The Morgan fingerprint density at radius 3 is 2.75 bits per heavy atom. The first-order valence-corrected chi connectivity index (χ1v) is 6.32. The highest BCUT2D eigenvalue weighted by Crippen LogP contribution is 2.31. The molecule has 0 radical (unpaired) electrons. The maximum atomic E-state index is 6.15. The molecular formula is C12H13ClN2S.